The highest BCUT2D eigenvalue weighted by atomic mass is 16.2. The van der Waals surface area contributed by atoms with Crippen LogP contribution in [0, 0.1) is 0 Å². The van der Waals surface area contributed by atoms with Gasteiger partial charge in [0, 0.05) is 20.0 Å². The van der Waals surface area contributed by atoms with Gasteiger partial charge in [-0.15, -0.1) is 0 Å². The van der Waals surface area contributed by atoms with Gasteiger partial charge in [0.1, 0.15) is 0 Å². The van der Waals surface area contributed by atoms with Gasteiger partial charge in [-0.25, -0.2) is 0 Å². The third-order valence-corrected chi connectivity index (χ3v) is 3.62. The second kappa shape index (κ2) is 9.54. The number of unbranched alkanes of at least 4 members (excludes halogenated alkanes) is 3. The van der Waals surface area contributed by atoms with Crippen molar-refractivity contribution in [1.29, 1.82) is 0 Å². The lowest BCUT2D eigenvalue weighted by Crippen LogP contribution is -2.25. The van der Waals surface area contributed by atoms with E-state index in [4.69, 9.17) is 5.73 Å². The lowest BCUT2D eigenvalue weighted by atomic mass is 10.1. The van der Waals surface area contributed by atoms with E-state index in [2.05, 4.69) is 31.2 Å². The van der Waals surface area contributed by atoms with Crippen LogP contribution in [0.1, 0.15) is 50.2 Å². The largest absolute Gasteiger partial charge is 0.341 e. The number of nitrogens with two attached hydrogens (primary N) is 1. The summed E-state index contributed by atoms with van der Waals surface area (Å²) in [5.41, 5.74) is 7.98. The van der Waals surface area contributed by atoms with E-state index < -0.39 is 0 Å². The molecule has 1 amide bonds. The molecule has 0 heterocycles. The molecule has 0 atom stereocenters. The van der Waals surface area contributed by atoms with Crippen LogP contribution in [0.5, 0.6) is 0 Å². The van der Waals surface area contributed by atoms with E-state index in [0.717, 1.165) is 38.6 Å². The van der Waals surface area contributed by atoms with Crippen LogP contribution in [0.15, 0.2) is 24.3 Å². The van der Waals surface area contributed by atoms with Gasteiger partial charge in [-0.05, 0) is 36.9 Å². The summed E-state index contributed by atoms with van der Waals surface area (Å²) in [5, 5.41) is 0. The molecule has 0 unspecified atom stereocenters. The molecule has 0 saturated heterocycles. The Hall–Kier alpha value is -1.35. The summed E-state index contributed by atoms with van der Waals surface area (Å²) >= 11 is 0. The molecular formula is C17H28N2O. The topological polar surface area (TPSA) is 46.3 Å². The van der Waals surface area contributed by atoms with Gasteiger partial charge in [0.2, 0.25) is 5.91 Å². The predicted octanol–water partition coefficient (Wildman–Crippen LogP) is 3.12. The molecule has 1 aromatic rings. The molecule has 3 nitrogen and oxygen atoms in total. The van der Waals surface area contributed by atoms with Crippen LogP contribution < -0.4 is 5.73 Å². The molecule has 3 heteroatoms. The molecule has 20 heavy (non-hydrogen) atoms. The number of benzene rings is 1. The summed E-state index contributed by atoms with van der Waals surface area (Å²) in [7, 11) is 1.88. The Balaban J connectivity index is 2.29. The van der Waals surface area contributed by atoms with E-state index >= 15 is 0 Å². The third kappa shape index (κ3) is 6.20. The van der Waals surface area contributed by atoms with Crippen molar-refractivity contribution in [2.45, 2.75) is 52.0 Å². The Labute approximate surface area is 123 Å². The molecule has 0 bridgehead atoms. The first-order valence-corrected chi connectivity index (χ1v) is 7.69. The maximum absolute atomic E-state index is 12.0. The Kier molecular flexibility index (Phi) is 7.97. The van der Waals surface area contributed by atoms with Gasteiger partial charge in [0.15, 0.2) is 0 Å². The molecule has 0 fully saturated rings. The van der Waals surface area contributed by atoms with E-state index in [1.54, 1.807) is 0 Å². The number of carbonyl (C=O) groups is 1. The minimum atomic E-state index is 0.234. The van der Waals surface area contributed by atoms with Crippen LogP contribution in [0.4, 0.5) is 0 Å². The first kappa shape index (κ1) is 16.7. The Morgan fingerprint density at radius 2 is 1.65 bits per heavy atom. The molecule has 0 aliphatic carbocycles. The molecule has 0 aromatic heterocycles. The van der Waals surface area contributed by atoms with E-state index in [1.807, 2.05) is 11.9 Å². The minimum Gasteiger partial charge on any atom is -0.341 e. The zero-order valence-electron chi connectivity index (χ0n) is 12.9. The van der Waals surface area contributed by atoms with Crippen LogP contribution in [0.3, 0.4) is 0 Å². The average molecular weight is 276 g/mol. The molecule has 112 valence electrons. The van der Waals surface area contributed by atoms with Crippen LogP contribution in [0.2, 0.25) is 0 Å². The first-order chi connectivity index (χ1) is 9.67. The normalized spacial score (nSPS) is 10.6. The third-order valence-electron chi connectivity index (χ3n) is 3.62. The fourth-order valence-electron chi connectivity index (χ4n) is 2.21. The maximum atomic E-state index is 12.0. The Morgan fingerprint density at radius 3 is 2.25 bits per heavy atom. The number of rotatable bonds is 9. The summed E-state index contributed by atoms with van der Waals surface area (Å²) in [4.78, 5) is 13.8. The van der Waals surface area contributed by atoms with E-state index in [1.165, 1.54) is 11.1 Å². The SMILES string of the molecule is CCc1ccc(CN(C)C(=O)CCCCCCN)cc1. The average Bonchev–Trinajstić information content (AvgIpc) is 2.47. The second-order valence-electron chi connectivity index (χ2n) is 5.37. The molecule has 0 saturated carbocycles. The van der Waals surface area contributed by atoms with E-state index in [-0.39, 0.29) is 5.91 Å². The number of carbonyl (C=O) groups excluding carboxylic acids is 1. The Morgan fingerprint density at radius 1 is 1.05 bits per heavy atom. The lowest BCUT2D eigenvalue weighted by Gasteiger charge is -2.17. The van der Waals surface area contributed by atoms with Gasteiger partial charge in [-0.3, -0.25) is 4.79 Å². The van der Waals surface area contributed by atoms with Crippen LogP contribution in [-0.4, -0.2) is 24.4 Å². The molecule has 1 rings (SSSR count). The van der Waals surface area contributed by atoms with Crippen molar-refractivity contribution in [2.75, 3.05) is 13.6 Å². The van der Waals surface area contributed by atoms with Crippen molar-refractivity contribution in [2.24, 2.45) is 5.73 Å². The lowest BCUT2D eigenvalue weighted by molar-refractivity contribution is -0.130. The van der Waals surface area contributed by atoms with Crippen molar-refractivity contribution < 1.29 is 4.79 Å². The molecule has 1 aromatic carbocycles. The Bertz CT molecular complexity index is 386. The van der Waals surface area contributed by atoms with Gasteiger partial charge in [-0.2, -0.15) is 0 Å². The van der Waals surface area contributed by atoms with Crippen molar-refractivity contribution in [3.05, 3.63) is 35.4 Å². The van der Waals surface area contributed by atoms with Gasteiger partial charge in [0.05, 0.1) is 0 Å². The van der Waals surface area contributed by atoms with E-state index in [0.29, 0.717) is 13.0 Å². The summed E-state index contributed by atoms with van der Waals surface area (Å²) in [6.45, 7) is 3.60. The number of amides is 1. The zero-order valence-corrected chi connectivity index (χ0v) is 12.9. The smallest absolute Gasteiger partial charge is 0.222 e. The van der Waals surface area contributed by atoms with Crippen molar-refractivity contribution in [3.63, 3.8) is 0 Å². The van der Waals surface area contributed by atoms with Crippen molar-refractivity contribution in [3.8, 4) is 0 Å². The summed E-state index contributed by atoms with van der Waals surface area (Å²) in [6.07, 6.45) is 5.96. The standard InChI is InChI=1S/C17H28N2O/c1-3-15-9-11-16(12-10-15)14-19(2)17(20)8-6-4-5-7-13-18/h9-12H,3-8,13-14,18H2,1-2H3. The fourth-order valence-corrected chi connectivity index (χ4v) is 2.21. The quantitative estimate of drug-likeness (QED) is 0.704. The van der Waals surface area contributed by atoms with Crippen LogP contribution >= 0.6 is 0 Å². The predicted molar refractivity (Wildman–Crippen MR) is 84.4 cm³/mol. The number of nitrogens with zero attached hydrogens (tertiary/aromatic N) is 1. The molecule has 0 aliphatic rings. The van der Waals surface area contributed by atoms with Crippen LogP contribution in [0.25, 0.3) is 0 Å². The van der Waals surface area contributed by atoms with Crippen molar-refractivity contribution >= 4 is 5.91 Å². The summed E-state index contributed by atoms with van der Waals surface area (Å²) in [5.74, 6) is 0.234. The number of hydrogen-bond acceptors (Lipinski definition) is 2. The van der Waals surface area contributed by atoms with E-state index in [9.17, 15) is 4.79 Å². The molecule has 0 radical (unpaired) electrons. The highest BCUT2D eigenvalue weighted by Gasteiger charge is 2.08. The summed E-state index contributed by atoms with van der Waals surface area (Å²) in [6, 6.07) is 8.51. The van der Waals surface area contributed by atoms with Gasteiger partial charge < -0.3 is 10.6 Å². The minimum absolute atomic E-state index is 0.234. The first-order valence-electron chi connectivity index (χ1n) is 7.69. The molecule has 0 spiro atoms. The zero-order chi connectivity index (χ0) is 14.8. The molecular weight excluding hydrogens is 248 g/mol. The molecule has 0 aliphatic heterocycles. The number of aryl methyl sites for hydroxylation is 1. The summed E-state index contributed by atoms with van der Waals surface area (Å²) < 4.78 is 0. The maximum Gasteiger partial charge on any atom is 0.222 e. The highest BCUT2D eigenvalue weighted by Crippen LogP contribution is 2.10. The van der Waals surface area contributed by atoms with Crippen molar-refractivity contribution in [1.82, 2.24) is 4.90 Å². The van der Waals surface area contributed by atoms with Gasteiger partial charge >= 0.3 is 0 Å². The molecule has 2 N–H and O–H groups in total. The van der Waals surface area contributed by atoms with Gasteiger partial charge in [-0.1, -0.05) is 44.0 Å². The van der Waals surface area contributed by atoms with Gasteiger partial charge in [0.25, 0.3) is 0 Å². The highest BCUT2D eigenvalue weighted by molar-refractivity contribution is 5.75. The second-order valence-corrected chi connectivity index (χ2v) is 5.37. The monoisotopic (exact) mass is 276 g/mol. The van der Waals surface area contributed by atoms with Crippen LogP contribution in [-0.2, 0) is 17.8 Å². The number of hydrogen-bond donors (Lipinski definition) is 1. The fraction of sp³-hybridized carbons (Fsp3) is 0.588.